The number of halogens is 1. The summed E-state index contributed by atoms with van der Waals surface area (Å²) in [6.07, 6.45) is -0.218. The fourth-order valence-corrected chi connectivity index (χ4v) is 2.68. The summed E-state index contributed by atoms with van der Waals surface area (Å²) in [6.45, 7) is 3.80. The Morgan fingerprint density at radius 3 is 2.48 bits per heavy atom. The lowest BCUT2D eigenvalue weighted by atomic mass is 9.79. The molecule has 0 aliphatic rings. The molecule has 2 rings (SSSR count). The van der Waals surface area contributed by atoms with E-state index in [0.29, 0.717) is 28.6 Å². The van der Waals surface area contributed by atoms with Crippen LogP contribution in [0, 0.1) is 0 Å². The Bertz CT molecular complexity index is 763. The zero-order chi connectivity index (χ0) is 18.4. The molecule has 0 bridgehead atoms. The van der Waals surface area contributed by atoms with Crippen molar-refractivity contribution in [2.45, 2.75) is 25.7 Å². The normalized spacial score (nSPS) is 12.9. The summed E-state index contributed by atoms with van der Waals surface area (Å²) >= 11 is 5.98. The molecule has 0 aliphatic carbocycles. The van der Waals surface area contributed by atoms with Gasteiger partial charge < -0.3 is 15.2 Å². The number of nitrogens with one attached hydrogen (secondary N) is 1. The SMILES string of the molecule is CCOc1ccc(Cl)cc1NC(=O)CC(C)(C(=O)O)c1ccccc1. The number of aliphatic carboxylic acids is 1. The van der Waals surface area contributed by atoms with Crippen LogP contribution < -0.4 is 10.1 Å². The molecule has 2 aromatic carbocycles. The van der Waals surface area contributed by atoms with E-state index in [1.165, 1.54) is 6.92 Å². The average Bonchev–Trinajstić information content (AvgIpc) is 2.58. The smallest absolute Gasteiger partial charge is 0.314 e. The van der Waals surface area contributed by atoms with Crippen molar-refractivity contribution in [2.24, 2.45) is 0 Å². The first-order valence-corrected chi connectivity index (χ1v) is 8.25. The number of amides is 1. The number of carboxylic acid groups (broad SMARTS) is 1. The lowest BCUT2D eigenvalue weighted by molar-refractivity contribution is -0.145. The number of rotatable bonds is 7. The van der Waals surface area contributed by atoms with Crippen LogP contribution in [0.3, 0.4) is 0 Å². The maximum absolute atomic E-state index is 12.5. The number of carbonyl (C=O) groups excluding carboxylic acids is 1. The number of ether oxygens (including phenoxy) is 1. The average molecular weight is 362 g/mol. The van der Waals surface area contributed by atoms with Crippen LogP contribution >= 0.6 is 11.6 Å². The molecule has 0 saturated carbocycles. The van der Waals surface area contributed by atoms with Gasteiger partial charge in [-0.05, 0) is 37.6 Å². The van der Waals surface area contributed by atoms with E-state index in [1.54, 1.807) is 48.5 Å². The van der Waals surface area contributed by atoms with Crippen molar-refractivity contribution in [1.82, 2.24) is 0 Å². The summed E-state index contributed by atoms with van der Waals surface area (Å²) < 4.78 is 5.47. The van der Waals surface area contributed by atoms with Crippen LogP contribution in [0.15, 0.2) is 48.5 Å². The van der Waals surface area contributed by atoms with E-state index in [2.05, 4.69) is 5.32 Å². The Morgan fingerprint density at radius 1 is 1.20 bits per heavy atom. The number of carbonyl (C=O) groups is 2. The van der Waals surface area contributed by atoms with E-state index in [1.807, 2.05) is 6.92 Å². The predicted molar refractivity (Wildman–Crippen MR) is 97.3 cm³/mol. The molecule has 0 spiro atoms. The third kappa shape index (κ3) is 4.51. The van der Waals surface area contributed by atoms with Crippen LogP contribution in [0.2, 0.25) is 5.02 Å². The minimum atomic E-state index is -1.34. The van der Waals surface area contributed by atoms with E-state index in [-0.39, 0.29) is 6.42 Å². The van der Waals surface area contributed by atoms with Crippen LogP contribution in [0.4, 0.5) is 5.69 Å². The monoisotopic (exact) mass is 361 g/mol. The van der Waals surface area contributed by atoms with Gasteiger partial charge in [-0.3, -0.25) is 9.59 Å². The largest absolute Gasteiger partial charge is 0.492 e. The second kappa shape index (κ2) is 8.03. The summed E-state index contributed by atoms with van der Waals surface area (Å²) in [5.41, 5.74) is -0.357. The summed E-state index contributed by atoms with van der Waals surface area (Å²) in [5, 5.41) is 12.8. The predicted octanol–water partition coefficient (Wildman–Crippen LogP) is 4.11. The second-order valence-corrected chi connectivity index (χ2v) is 6.24. The highest BCUT2D eigenvalue weighted by molar-refractivity contribution is 6.31. The molecule has 0 fully saturated rings. The zero-order valence-electron chi connectivity index (χ0n) is 14.1. The summed E-state index contributed by atoms with van der Waals surface area (Å²) in [4.78, 5) is 24.3. The quantitative estimate of drug-likeness (QED) is 0.778. The molecule has 132 valence electrons. The summed E-state index contributed by atoms with van der Waals surface area (Å²) in [7, 11) is 0. The highest BCUT2D eigenvalue weighted by Gasteiger charge is 2.37. The molecule has 0 heterocycles. The van der Waals surface area contributed by atoms with Crippen molar-refractivity contribution in [2.75, 3.05) is 11.9 Å². The van der Waals surface area contributed by atoms with Crippen molar-refractivity contribution < 1.29 is 19.4 Å². The molecule has 2 N–H and O–H groups in total. The Hall–Kier alpha value is -2.53. The van der Waals surface area contributed by atoms with Gasteiger partial charge in [-0.2, -0.15) is 0 Å². The van der Waals surface area contributed by atoms with Crippen molar-refractivity contribution in [3.05, 3.63) is 59.1 Å². The number of hydrogen-bond donors (Lipinski definition) is 2. The van der Waals surface area contributed by atoms with Crippen LogP contribution in [0.1, 0.15) is 25.8 Å². The Labute approximate surface area is 151 Å². The summed E-state index contributed by atoms with van der Waals surface area (Å²) in [6, 6.07) is 13.6. The van der Waals surface area contributed by atoms with Crippen LogP contribution in [0.25, 0.3) is 0 Å². The van der Waals surface area contributed by atoms with E-state index >= 15 is 0 Å². The molecule has 1 unspecified atom stereocenters. The van der Waals surface area contributed by atoms with E-state index < -0.39 is 17.3 Å². The van der Waals surface area contributed by atoms with Gasteiger partial charge in [-0.1, -0.05) is 41.9 Å². The number of carboxylic acids is 1. The number of hydrogen-bond acceptors (Lipinski definition) is 3. The Kier molecular flexibility index (Phi) is 6.04. The Morgan fingerprint density at radius 2 is 1.88 bits per heavy atom. The lowest BCUT2D eigenvalue weighted by Gasteiger charge is -2.25. The maximum Gasteiger partial charge on any atom is 0.314 e. The molecule has 25 heavy (non-hydrogen) atoms. The van der Waals surface area contributed by atoms with Crippen molar-refractivity contribution in [1.29, 1.82) is 0 Å². The van der Waals surface area contributed by atoms with Gasteiger partial charge in [0.15, 0.2) is 0 Å². The van der Waals surface area contributed by atoms with Crippen molar-refractivity contribution in [3.8, 4) is 5.75 Å². The van der Waals surface area contributed by atoms with Gasteiger partial charge in [0.05, 0.1) is 17.7 Å². The molecule has 0 radical (unpaired) electrons. The number of benzene rings is 2. The van der Waals surface area contributed by atoms with Crippen molar-refractivity contribution in [3.63, 3.8) is 0 Å². The van der Waals surface area contributed by atoms with Crippen LogP contribution in [0.5, 0.6) is 5.75 Å². The van der Waals surface area contributed by atoms with E-state index in [9.17, 15) is 14.7 Å². The van der Waals surface area contributed by atoms with E-state index in [4.69, 9.17) is 16.3 Å². The standard InChI is InChI=1S/C19H20ClNO4/c1-3-25-16-10-9-14(20)11-15(16)21-17(22)12-19(2,18(23)24)13-7-5-4-6-8-13/h4-11H,3,12H2,1-2H3,(H,21,22)(H,23,24). The van der Waals surface area contributed by atoms with Gasteiger partial charge in [0.25, 0.3) is 0 Å². The highest BCUT2D eigenvalue weighted by atomic mass is 35.5. The molecule has 0 aromatic heterocycles. The molecular weight excluding hydrogens is 342 g/mol. The molecule has 1 atom stereocenters. The molecule has 5 nitrogen and oxygen atoms in total. The minimum absolute atomic E-state index is 0.218. The minimum Gasteiger partial charge on any atom is -0.492 e. The van der Waals surface area contributed by atoms with Gasteiger partial charge in [0.1, 0.15) is 5.75 Å². The molecule has 6 heteroatoms. The zero-order valence-corrected chi connectivity index (χ0v) is 14.8. The van der Waals surface area contributed by atoms with Crippen LogP contribution in [-0.2, 0) is 15.0 Å². The van der Waals surface area contributed by atoms with Gasteiger partial charge >= 0.3 is 5.97 Å². The molecule has 2 aromatic rings. The first kappa shape index (κ1) is 18.8. The first-order valence-electron chi connectivity index (χ1n) is 7.88. The first-order chi connectivity index (χ1) is 11.9. The van der Waals surface area contributed by atoms with Gasteiger partial charge in [-0.25, -0.2) is 0 Å². The molecule has 0 aliphatic heterocycles. The van der Waals surface area contributed by atoms with E-state index in [0.717, 1.165) is 0 Å². The topological polar surface area (TPSA) is 75.6 Å². The maximum atomic E-state index is 12.5. The summed E-state index contributed by atoms with van der Waals surface area (Å²) in [5.74, 6) is -1.01. The third-order valence-corrected chi connectivity index (χ3v) is 4.15. The second-order valence-electron chi connectivity index (χ2n) is 5.80. The van der Waals surface area contributed by atoms with Crippen molar-refractivity contribution >= 4 is 29.2 Å². The third-order valence-electron chi connectivity index (χ3n) is 3.91. The molecule has 1 amide bonds. The van der Waals surface area contributed by atoms with Gasteiger partial charge in [0, 0.05) is 11.4 Å². The lowest BCUT2D eigenvalue weighted by Crippen LogP contribution is -2.36. The fraction of sp³-hybridized carbons (Fsp3) is 0.263. The fourth-order valence-electron chi connectivity index (χ4n) is 2.50. The Balaban J connectivity index is 2.23. The van der Waals surface area contributed by atoms with Crippen LogP contribution in [-0.4, -0.2) is 23.6 Å². The van der Waals surface area contributed by atoms with Gasteiger partial charge in [0.2, 0.25) is 5.91 Å². The molecular formula is C19H20ClNO4. The number of anilines is 1. The molecule has 0 saturated heterocycles. The van der Waals surface area contributed by atoms with Gasteiger partial charge in [-0.15, -0.1) is 0 Å². The highest BCUT2D eigenvalue weighted by Crippen LogP contribution is 2.31.